The minimum atomic E-state index is -1.34. The van der Waals surface area contributed by atoms with E-state index in [-0.39, 0.29) is 24.1 Å². The molecular formula is C15H16FNO3. The predicted molar refractivity (Wildman–Crippen MR) is 68.8 cm³/mol. The molecule has 5 atom stereocenters. The van der Waals surface area contributed by atoms with Gasteiger partial charge in [-0.2, -0.15) is 0 Å². The highest BCUT2D eigenvalue weighted by atomic mass is 19.1. The number of carbonyl (C=O) groups excluding carboxylic acids is 1. The minimum Gasteiger partial charge on any atom is -0.497 e. The number of carbonyl (C=O) groups is 1. The van der Waals surface area contributed by atoms with Gasteiger partial charge in [-0.15, -0.1) is 0 Å². The van der Waals surface area contributed by atoms with E-state index in [0.29, 0.717) is 6.61 Å². The Kier molecular flexibility index (Phi) is 2.26. The molecule has 3 fully saturated rings. The number of rotatable bonds is 2. The third-order valence-corrected chi connectivity index (χ3v) is 4.88. The van der Waals surface area contributed by atoms with Crippen LogP contribution in [0.25, 0.3) is 0 Å². The Morgan fingerprint density at radius 3 is 2.75 bits per heavy atom. The molecule has 4 nitrogen and oxygen atoms in total. The van der Waals surface area contributed by atoms with E-state index < -0.39 is 11.6 Å². The number of nitrogens with zero attached hydrogens (tertiary/aromatic N) is 1. The van der Waals surface area contributed by atoms with Crippen molar-refractivity contribution in [1.82, 2.24) is 4.90 Å². The van der Waals surface area contributed by atoms with Gasteiger partial charge in [0.05, 0.1) is 25.7 Å². The number of methoxy groups -OCH3 is 1. The lowest BCUT2D eigenvalue weighted by Crippen LogP contribution is -2.38. The van der Waals surface area contributed by atoms with Gasteiger partial charge in [0.2, 0.25) is 5.91 Å². The molecule has 1 aliphatic carbocycles. The molecular weight excluding hydrogens is 261 g/mol. The Morgan fingerprint density at radius 1 is 1.40 bits per heavy atom. The summed E-state index contributed by atoms with van der Waals surface area (Å²) in [4.78, 5) is 14.1. The van der Waals surface area contributed by atoms with Crippen LogP contribution < -0.4 is 4.74 Å². The van der Waals surface area contributed by atoms with Crippen LogP contribution >= 0.6 is 0 Å². The Labute approximate surface area is 116 Å². The lowest BCUT2D eigenvalue weighted by atomic mass is 10.1. The second kappa shape index (κ2) is 3.73. The Balaban J connectivity index is 1.61. The SMILES string of the molecule is COc1ccc(C2OCC3C4C(C(=O)N23)C4(C)F)cc1. The van der Waals surface area contributed by atoms with Gasteiger partial charge in [0.1, 0.15) is 11.4 Å². The van der Waals surface area contributed by atoms with Crippen molar-refractivity contribution >= 4 is 5.91 Å². The van der Waals surface area contributed by atoms with E-state index in [4.69, 9.17) is 9.47 Å². The fourth-order valence-corrected chi connectivity index (χ4v) is 3.77. The van der Waals surface area contributed by atoms with Gasteiger partial charge in [-0.1, -0.05) is 12.1 Å². The van der Waals surface area contributed by atoms with Crippen LogP contribution in [0.15, 0.2) is 24.3 Å². The van der Waals surface area contributed by atoms with Crippen LogP contribution in [0, 0.1) is 11.8 Å². The van der Waals surface area contributed by atoms with Gasteiger partial charge in [0, 0.05) is 11.5 Å². The molecule has 3 aliphatic rings. The minimum absolute atomic E-state index is 0.108. The topological polar surface area (TPSA) is 38.8 Å². The highest BCUT2D eigenvalue weighted by Crippen LogP contribution is 2.64. The number of amides is 1. The lowest BCUT2D eigenvalue weighted by Gasteiger charge is -2.26. The second-order valence-electron chi connectivity index (χ2n) is 5.93. The van der Waals surface area contributed by atoms with Crippen LogP contribution in [-0.2, 0) is 9.53 Å². The number of fused-ring (bicyclic) bond motifs is 3. The first-order chi connectivity index (χ1) is 9.55. The normalized spacial score (nSPS) is 41.5. The van der Waals surface area contributed by atoms with E-state index >= 15 is 0 Å². The highest BCUT2D eigenvalue weighted by Gasteiger charge is 2.77. The summed E-state index contributed by atoms with van der Waals surface area (Å²) in [6.45, 7) is 1.95. The van der Waals surface area contributed by atoms with Gasteiger partial charge < -0.3 is 14.4 Å². The largest absolute Gasteiger partial charge is 0.497 e. The summed E-state index contributed by atoms with van der Waals surface area (Å²) < 4.78 is 25.0. The Morgan fingerprint density at radius 2 is 2.10 bits per heavy atom. The molecule has 2 heterocycles. The lowest BCUT2D eigenvalue weighted by molar-refractivity contribution is -0.138. The molecule has 2 saturated heterocycles. The number of alkyl halides is 1. The van der Waals surface area contributed by atoms with E-state index in [1.54, 1.807) is 12.0 Å². The standard InChI is InChI=1S/C15H16FNO3/c1-15(16)11-10-7-20-14(17(10)13(18)12(11)15)8-3-5-9(19-2)6-4-8/h3-6,10-12,14H,7H2,1-2H3. The number of halogens is 1. The molecule has 4 rings (SSSR count). The summed E-state index contributed by atoms with van der Waals surface area (Å²) in [6.07, 6.45) is -0.387. The highest BCUT2D eigenvalue weighted by molar-refractivity contribution is 5.88. The number of benzene rings is 1. The molecule has 1 saturated carbocycles. The molecule has 5 heteroatoms. The molecule has 20 heavy (non-hydrogen) atoms. The van der Waals surface area contributed by atoms with Crippen molar-refractivity contribution in [2.75, 3.05) is 13.7 Å². The fourth-order valence-electron chi connectivity index (χ4n) is 3.77. The molecule has 0 N–H and O–H groups in total. The first-order valence-electron chi connectivity index (χ1n) is 6.82. The summed E-state index contributed by atoms with van der Waals surface area (Å²) in [5.74, 6) is -0.00561. The molecule has 1 amide bonds. The quantitative estimate of drug-likeness (QED) is 0.829. The average Bonchev–Trinajstić information content (AvgIpc) is 2.79. The summed E-state index contributed by atoms with van der Waals surface area (Å²) in [5, 5.41) is 0. The van der Waals surface area contributed by atoms with Gasteiger partial charge >= 0.3 is 0 Å². The molecule has 2 aliphatic heterocycles. The summed E-state index contributed by atoms with van der Waals surface area (Å²) >= 11 is 0. The van der Waals surface area contributed by atoms with Crippen LogP contribution in [-0.4, -0.2) is 36.2 Å². The molecule has 0 aromatic heterocycles. The van der Waals surface area contributed by atoms with Crippen molar-refractivity contribution in [2.24, 2.45) is 11.8 Å². The van der Waals surface area contributed by atoms with Crippen molar-refractivity contribution in [2.45, 2.75) is 24.9 Å². The van der Waals surface area contributed by atoms with Gasteiger partial charge in [-0.3, -0.25) is 4.79 Å². The van der Waals surface area contributed by atoms with Gasteiger partial charge in [0.15, 0.2) is 6.23 Å². The monoisotopic (exact) mass is 277 g/mol. The fraction of sp³-hybridized carbons (Fsp3) is 0.533. The Bertz CT molecular complexity index is 571. The van der Waals surface area contributed by atoms with Gasteiger partial charge in [0.25, 0.3) is 0 Å². The zero-order chi connectivity index (χ0) is 14.1. The molecule has 0 radical (unpaired) electrons. The third kappa shape index (κ3) is 1.36. The number of hydrogen-bond donors (Lipinski definition) is 0. The van der Waals surface area contributed by atoms with E-state index in [2.05, 4.69) is 0 Å². The number of ether oxygens (including phenoxy) is 2. The number of piperidine rings is 1. The maximum Gasteiger partial charge on any atom is 0.232 e. The number of hydrogen-bond acceptors (Lipinski definition) is 3. The van der Waals surface area contributed by atoms with E-state index in [1.165, 1.54) is 6.92 Å². The first kappa shape index (κ1) is 12.1. The maximum absolute atomic E-state index is 14.1. The predicted octanol–water partition coefficient (Wildman–Crippen LogP) is 1.91. The molecule has 0 bridgehead atoms. The van der Waals surface area contributed by atoms with E-state index in [1.807, 2.05) is 24.3 Å². The summed E-state index contributed by atoms with van der Waals surface area (Å²) in [7, 11) is 1.61. The average molecular weight is 277 g/mol. The zero-order valence-corrected chi connectivity index (χ0v) is 11.4. The van der Waals surface area contributed by atoms with Crippen molar-refractivity contribution < 1.29 is 18.7 Å². The summed E-state index contributed by atoms with van der Waals surface area (Å²) in [6, 6.07) is 7.34. The third-order valence-electron chi connectivity index (χ3n) is 4.88. The van der Waals surface area contributed by atoms with Crippen LogP contribution in [0.4, 0.5) is 4.39 Å². The Hall–Kier alpha value is -1.62. The van der Waals surface area contributed by atoms with E-state index in [9.17, 15) is 9.18 Å². The van der Waals surface area contributed by atoms with Crippen molar-refractivity contribution in [3.8, 4) is 5.75 Å². The van der Waals surface area contributed by atoms with Crippen LogP contribution in [0.1, 0.15) is 18.7 Å². The van der Waals surface area contributed by atoms with Crippen molar-refractivity contribution in [1.29, 1.82) is 0 Å². The summed E-state index contributed by atoms with van der Waals surface area (Å²) in [5.41, 5.74) is -0.431. The molecule has 1 aromatic carbocycles. The molecule has 1 aromatic rings. The molecule has 5 unspecified atom stereocenters. The van der Waals surface area contributed by atoms with E-state index in [0.717, 1.165) is 11.3 Å². The van der Waals surface area contributed by atoms with Gasteiger partial charge in [-0.05, 0) is 19.1 Å². The van der Waals surface area contributed by atoms with Crippen LogP contribution in [0.2, 0.25) is 0 Å². The van der Waals surface area contributed by atoms with Crippen molar-refractivity contribution in [3.05, 3.63) is 29.8 Å². The van der Waals surface area contributed by atoms with Crippen LogP contribution in [0.3, 0.4) is 0 Å². The van der Waals surface area contributed by atoms with Crippen LogP contribution in [0.5, 0.6) is 5.75 Å². The van der Waals surface area contributed by atoms with Gasteiger partial charge in [-0.25, -0.2) is 4.39 Å². The second-order valence-corrected chi connectivity index (χ2v) is 5.93. The molecule has 0 spiro atoms. The van der Waals surface area contributed by atoms with Crippen molar-refractivity contribution in [3.63, 3.8) is 0 Å². The first-order valence-corrected chi connectivity index (χ1v) is 6.82. The zero-order valence-electron chi connectivity index (χ0n) is 11.4. The smallest absolute Gasteiger partial charge is 0.232 e. The maximum atomic E-state index is 14.1. The molecule has 106 valence electrons.